The highest BCUT2D eigenvalue weighted by molar-refractivity contribution is 5.95. The van der Waals surface area contributed by atoms with Gasteiger partial charge in [-0.3, -0.25) is 4.79 Å². The Kier molecular flexibility index (Phi) is 4.44. The lowest BCUT2D eigenvalue weighted by Gasteiger charge is -2.30. The van der Waals surface area contributed by atoms with Crippen molar-refractivity contribution in [3.05, 3.63) is 23.8 Å². The first-order valence-corrected chi connectivity index (χ1v) is 8.08. The molecule has 114 valence electrons. The summed E-state index contributed by atoms with van der Waals surface area (Å²) in [7, 11) is 0. The third-order valence-electron chi connectivity index (χ3n) is 4.39. The number of nitrogens with zero attached hydrogens (tertiary/aromatic N) is 1. The maximum absolute atomic E-state index is 12.7. The fraction of sp³-hybridized carbons (Fsp3) is 0.588. The van der Waals surface area contributed by atoms with Crippen LogP contribution in [0.15, 0.2) is 18.2 Å². The molecule has 1 atom stereocenters. The highest BCUT2D eigenvalue weighted by Gasteiger charge is 2.30. The molecule has 2 heterocycles. The van der Waals surface area contributed by atoms with Crippen molar-refractivity contribution >= 4 is 11.6 Å². The molecular weight excluding hydrogens is 264 g/mol. The largest absolute Gasteiger partial charge is 0.493 e. The molecule has 4 nitrogen and oxygen atoms in total. The molecule has 21 heavy (non-hydrogen) atoms. The van der Waals surface area contributed by atoms with Crippen LogP contribution >= 0.6 is 0 Å². The predicted octanol–water partition coefficient (Wildman–Crippen LogP) is 2.51. The monoisotopic (exact) mass is 288 g/mol. The number of fused-ring (bicyclic) bond motifs is 1. The van der Waals surface area contributed by atoms with E-state index in [0.717, 1.165) is 56.8 Å². The van der Waals surface area contributed by atoms with Crippen molar-refractivity contribution in [3.63, 3.8) is 0 Å². The normalized spacial score (nSPS) is 20.1. The third-order valence-corrected chi connectivity index (χ3v) is 4.39. The molecule has 0 aromatic heterocycles. The lowest BCUT2D eigenvalue weighted by atomic mass is 10.1. The lowest BCUT2D eigenvalue weighted by Crippen LogP contribution is -2.42. The van der Waals surface area contributed by atoms with Gasteiger partial charge in [0.15, 0.2) is 0 Å². The molecule has 0 aliphatic carbocycles. The van der Waals surface area contributed by atoms with Gasteiger partial charge < -0.3 is 15.0 Å². The zero-order chi connectivity index (χ0) is 14.7. The molecule has 0 spiro atoms. The fourth-order valence-corrected chi connectivity index (χ4v) is 3.27. The number of ether oxygens (including phenoxy) is 1. The van der Waals surface area contributed by atoms with E-state index < -0.39 is 0 Å². The number of carbonyl (C=O) groups is 1. The average molecular weight is 288 g/mol. The van der Waals surface area contributed by atoms with Crippen LogP contribution in [-0.2, 0) is 11.2 Å². The molecule has 2 aliphatic rings. The van der Waals surface area contributed by atoms with Crippen LogP contribution in [0.3, 0.4) is 0 Å². The topological polar surface area (TPSA) is 41.6 Å². The first-order valence-electron chi connectivity index (χ1n) is 8.08. The number of unbranched alkanes of at least 4 members (excludes halogenated alkanes) is 1. The van der Waals surface area contributed by atoms with Gasteiger partial charge in [-0.1, -0.05) is 19.4 Å². The van der Waals surface area contributed by atoms with Gasteiger partial charge in [-0.25, -0.2) is 0 Å². The molecule has 0 bridgehead atoms. The third kappa shape index (κ3) is 2.91. The van der Waals surface area contributed by atoms with E-state index in [0.29, 0.717) is 6.42 Å². The molecule has 1 N–H and O–H groups in total. The second-order valence-electron chi connectivity index (χ2n) is 5.87. The second-order valence-corrected chi connectivity index (χ2v) is 5.87. The Hall–Kier alpha value is -1.55. The number of nitrogens with one attached hydrogen (secondary N) is 1. The summed E-state index contributed by atoms with van der Waals surface area (Å²) in [5.74, 6) is 1.21. The highest BCUT2D eigenvalue weighted by Crippen LogP contribution is 2.35. The Labute approximate surface area is 126 Å². The summed E-state index contributed by atoms with van der Waals surface area (Å²) in [6, 6.07) is 6.37. The standard InChI is InChI=1S/C17H24N2O2/c1-2-3-7-17(20)19(13-8-10-18-12-13)15-5-4-6-16-14(15)9-11-21-16/h4-6,13,18H,2-3,7-12H2,1H3. The number of rotatable bonds is 5. The molecule has 1 aromatic rings. The molecular formula is C17H24N2O2. The van der Waals surface area contributed by atoms with E-state index in [9.17, 15) is 4.79 Å². The van der Waals surface area contributed by atoms with Crippen LogP contribution in [0.4, 0.5) is 5.69 Å². The minimum atomic E-state index is 0.255. The van der Waals surface area contributed by atoms with Crippen LogP contribution in [0.5, 0.6) is 5.75 Å². The molecule has 0 saturated carbocycles. The lowest BCUT2D eigenvalue weighted by molar-refractivity contribution is -0.119. The summed E-state index contributed by atoms with van der Waals surface area (Å²) in [6.45, 7) is 4.74. The Bertz CT molecular complexity index is 510. The van der Waals surface area contributed by atoms with E-state index in [-0.39, 0.29) is 11.9 Å². The SMILES string of the molecule is CCCCC(=O)N(c1cccc2c1CCO2)C1CCNC1. The number of carbonyl (C=O) groups excluding carboxylic acids is 1. The van der Waals surface area contributed by atoms with Crippen molar-refractivity contribution < 1.29 is 9.53 Å². The summed E-state index contributed by atoms with van der Waals surface area (Å²) in [5, 5.41) is 3.38. The Morgan fingerprint density at radius 3 is 3.14 bits per heavy atom. The molecule has 2 aliphatic heterocycles. The Morgan fingerprint density at radius 2 is 2.38 bits per heavy atom. The van der Waals surface area contributed by atoms with Crippen molar-refractivity contribution in [2.24, 2.45) is 0 Å². The number of amides is 1. The molecule has 1 unspecified atom stereocenters. The van der Waals surface area contributed by atoms with Crippen LogP contribution in [0, 0.1) is 0 Å². The number of benzene rings is 1. The maximum atomic E-state index is 12.7. The van der Waals surface area contributed by atoms with Crippen LogP contribution in [0.25, 0.3) is 0 Å². The Morgan fingerprint density at radius 1 is 1.48 bits per heavy atom. The summed E-state index contributed by atoms with van der Waals surface area (Å²) < 4.78 is 5.66. The van der Waals surface area contributed by atoms with Gasteiger partial charge in [0.2, 0.25) is 5.91 Å². The molecule has 0 radical (unpaired) electrons. The highest BCUT2D eigenvalue weighted by atomic mass is 16.5. The van der Waals surface area contributed by atoms with Crippen molar-refractivity contribution in [1.82, 2.24) is 5.32 Å². The van der Waals surface area contributed by atoms with Crippen molar-refractivity contribution in [3.8, 4) is 5.75 Å². The second kappa shape index (κ2) is 6.48. The first-order chi connectivity index (χ1) is 10.3. The van der Waals surface area contributed by atoms with Crippen LogP contribution in [-0.4, -0.2) is 31.6 Å². The van der Waals surface area contributed by atoms with Gasteiger partial charge in [0.25, 0.3) is 0 Å². The summed E-state index contributed by atoms with van der Waals surface area (Å²) in [4.78, 5) is 14.8. The smallest absolute Gasteiger partial charge is 0.227 e. The minimum absolute atomic E-state index is 0.255. The first kappa shape index (κ1) is 14.4. The van der Waals surface area contributed by atoms with Crippen LogP contribution < -0.4 is 15.0 Å². The van der Waals surface area contributed by atoms with Gasteiger partial charge in [-0.2, -0.15) is 0 Å². The fourth-order valence-electron chi connectivity index (χ4n) is 3.27. The van der Waals surface area contributed by atoms with Gasteiger partial charge >= 0.3 is 0 Å². The van der Waals surface area contributed by atoms with E-state index in [4.69, 9.17) is 4.74 Å². The van der Waals surface area contributed by atoms with E-state index in [1.165, 1.54) is 5.56 Å². The van der Waals surface area contributed by atoms with Gasteiger partial charge in [0, 0.05) is 24.9 Å². The number of anilines is 1. The summed E-state index contributed by atoms with van der Waals surface area (Å²) in [5.41, 5.74) is 2.27. The van der Waals surface area contributed by atoms with Gasteiger partial charge in [-0.15, -0.1) is 0 Å². The predicted molar refractivity (Wildman–Crippen MR) is 83.9 cm³/mol. The molecule has 1 fully saturated rings. The summed E-state index contributed by atoms with van der Waals surface area (Å²) in [6.07, 6.45) is 4.59. The van der Waals surface area contributed by atoms with Gasteiger partial charge in [0.05, 0.1) is 18.3 Å². The minimum Gasteiger partial charge on any atom is -0.493 e. The number of hydrogen-bond donors (Lipinski definition) is 1. The van der Waals surface area contributed by atoms with Crippen LogP contribution in [0.2, 0.25) is 0 Å². The van der Waals surface area contributed by atoms with E-state index >= 15 is 0 Å². The average Bonchev–Trinajstić information content (AvgIpc) is 3.16. The quantitative estimate of drug-likeness (QED) is 0.905. The van der Waals surface area contributed by atoms with Crippen molar-refractivity contribution in [2.45, 2.75) is 45.1 Å². The summed E-state index contributed by atoms with van der Waals surface area (Å²) >= 11 is 0. The Balaban J connectivity index is 1.91. The van der Waals surface area contributed by atoms with Crippen molar-refractivity contribution in [2.75, 3.05) is 24.6 Å². The van der Waals surface area contributed by atoms with Gasteiger partial charge in [0.1, 0.15) is 5.75 Å². The molecule has 4 heteroatoms. The van der Waals surface area contributed by atoms with Gasteiger partial charge in [-0.05, 0) is 31.5 Å². The van der Waals surface area contributed by atoms with Crippen LogP contribution in [0.1, 0.15) is 38.2 Å². The molecule has 1 saturated heterocycles. The molecule has 1 amide bonds. The number of hydrogen-bond acceptors (Lipinski definition) is 3. The van der Waals surface area contributed by atoms with E-state index in [2.05, 4.69) is 18.3 Å². The maximum Gasteiger partial charge on any atom is 0.227 e. The van der Waals surface area contributed by atoms with E-state index in [1.54, 1.807) is 0 Å². The molecule has 3 rings (SSSR count). The zero-order valence-electron chi connectivity index (χ0n) is 12.7. The van der Waals surface area contributed by atoms with E-state index in [1.807, 2.05) is 17.0 Å². The zero-order valence-corrected chi connectivity index (χ0v) is 12.7. The molecule has 1 aromatic carbocycles. The van der Waals surface area contributed by atoms with Crippen molar-refractivity contribution in [1.29, 1.82) is 0 Å².